The minimum atomic E-state index is -1.36. The first kappa shape index (κ1) is 14.4. The summed E-state index contributed by atoms with van der Waals surface area (Å²) in [5, 5.41) is 20.6. The Balaban J connectivity index is 2.31. The smallest absolute Gasteiger partial charge is 0.258 e. The number of hydrogen-bond donors (Lipinski definition) is 3. The van der Waals surface area contributed by atoms with Crippen LogP contribution < -0.4 is 10.1 Å². The minimum absolute atomic E-state index is 0.0743. The monoisotopic (exact) mass is 257 g/mol. The van der Waals surface area contributed by atoms with Gasteiger partial charge in [0.15, 0.2) is 6.61 Å². The highest BCUT2D eigenvalue weighted by Crippen LogP contribution is 2.10. The molecule has 1 aromatic carbocycles. The highest BCUT2D eigenvalue weighted by Gasteiger charge is 2.19. The maximum Gasteiger partial charge on any atom is 0.258 e. The molecule has 1 aromatic rings. The van der Waals surface area contributed by atoms with Gasteiger partial charge in [-0.2, -0.15) is 0 Å². The van der Waals surface area contributed by atoms with Gasteiger partial charge < -0.3 is 20.3 Å². The number of hydrogen-bond acceptors (Lipinski definition) is 4. The number of carbonyl (C=O) groups excluding carboxylic acids is 1. The Labute approximate surface area is 104 Å². The van der Waals surface area contributed by atoms with E-state index >= 15 is 0 Å². The van der Waals surface area contributed by atoms with E-state index in [0.29, 0.717) is 5.75 Å². The Morgan fingerprint density at radius 2 is 2.06 bits per heavy atom. The van der Waals surface area contributed by atoms with Gasteiger partial charge in [-0.15, -0.1) is 0 Å². The van der Waals surface area contributed by atoms with Gasteiger partial charge in [0.1, 0.15) is 17.2 Å². The maximum atomic E-state index is 12.6. The molecule has 0 heterocycles. The molecular formula is C12H16FNO4. The molecule has 0 spiro atoms. The molecule has 1 atom stereocenters. The average molecular weight is 257 g/mol. The van der Waals surface area contributed by atoms with Crippen LogP contribution in [-0.2, 0) is 4.79 Å². The van der Waals surface area contributed by atoms with Gasteiger partial charge >= 0.3 is 0 Å². The molecule has 1 unspecified atom stereocenters. The van der Waals surface area contributed by atoms with Crippen molar-refractivity contribution >= 4 is 5.91 Å². The summed E-state index contributed by atoms with van der Waals surface area (Å²) in [6, 6.07) is 5.27. The van der Waals surface area contributed by atoms with Crippen molar-refractivity contribution in [3.05, 3.63) is 30.1 Å². The molecule has 1 rings (SSSR count). The molecule has 0 saturated carbocycles. The summed E-state index contributed by atoms with van der Waals surface area (Å²) in [6.07, 6.45) is 0. The molecule has 100 valence electrons. The van der Waals surface area contributed by atoms with Crippen LogP contribution in [0.1, 0.15) is 6.92 Å². The normalized spacial score (nSPS) is 13.8. The summed E-state index contributed by atoms with van der Waals surface area (Å²) < 4.78 is 17.7. The Morgan fingerprint density at radius 3 is 2.61 bits per heavy atom. The number of benzene rings is 1. The van der Waals surface area contributed by atoms with E-state index in [0.717, 1.165) is 0 Å². The predicted molar refractivity (Wildman–Crippen MR) is 62.6 cm³/mol. The van der Waals surface area contributed by atoms with Gasteiger partial charge in [0, 0.05) is 6.54 Å². The molecule has 3 N–H and O–H groups in total. The fraction of sp³-hybridized carbons (Fsp3) is 0.417. The van der Waals surface area contributed by atoms with Gasteiger partial charge in [-0.05, 0) is 31.2 Å². The van der Waals surface area contributed by atoms with Crippen molar-refractivity contribution in [2.75, 3.05) is 19.8 Å². The lowest BCUT2D eigenvalue weighted by molar-refractivity contribution is -0.124. The minimum Gasteiger partial charge on any atom is -0.484 e. The van der Waals surface area contributed by atoms with E-state index in [4.69, 9.17) is 9.84 Å². The molecule has 5 nitrogen and oxygen atoms in total. The third kappa shape index (κ3) is 5.11. The van der Waals surface area contributed by atoms with E-state index in [2.05, 4.69) is 5.32 Å². The molecule has 18 heavy (non-hydrogen) atoms. The number of ether oxygens (including phenoxy) is 1. The molecule has 0 aliphatic heterocycles. The van der Waals surface area contributed by atoms with Crippen LogP contribution >= 0.6 is 0 Å². The zero-order valence-corrected chi connectivity index (χ0v) is 10.0. The Bertz CT molecular complexity index is 392. The molecule has 6 heteroatoms. The standard InChI is InChI=1S/C12H16FNO4/c1-12(17,8-15)7-14-11(16)6-18-10-4-2-9(13)3-5-10/h2-5,15,17H,6-8H2,1H3,(H,14,16). The van der Waals surface area contributed by atoms with Crippen LogP contribution in [-0.4, -0.2) is 41.5 Å². The summed E-state index contributed by atoms with van der Waals surface area (Å²) in [7, 11) is 0. The molecular weight excluding hydrogens is 241 g/mol. The lowest BCUT2D eigenvalue weighted by Crippen LogP contribution is -2.44. The first-order chi connectivity index (χ1) is 8.43. The van der Waals surface area contributed by atoms with Crippen LogP contribution in [0.15, 0.2) is 24.3 Å². The van der Waals surface area contributed by atoms with E-state index in [1.165, 1.54) is 31.2 Å². The second-order valence-corrected chi connectivity index (χ2v) is 4.17. The van der Waals surface area contributed by atoms with Crippen LogP contribution in [0.2, 0.25) is 0 Å². The molecule has 0 aromatic heterocycles. The quantitative estimate of drug-likeness (QED) is 0.673. The molecule has 1 amide bonds. The van der Waals surface area contributed by atoms with Crippen molar-refractivity contribution in [1.29, 1.82) is 0 Å². The van der Waals surface area contributed by atoms with Crippen molar-refractivity contribution in [2.24, 2.45) is 0 Å². The van der Waals surface area contributed by atoms with Gasteiger partial charge in [0.2, 0.25) is 0 Å². The van der Waals surface area contributed by atoms with E-state index in [9.17, 15) is 14.3 Å². The SMILES string of the molecule is CC(O)(CO)CNC(=O)COc1ccc(F)cc1. The molecule has 0 bridgehead atoms. The van der Waals surface area contributed by atoms with Crippen molar-refractivity contribution < 1.29 is 24.1 Å². The van der Waals surface area contributed by atoms with E-state index < -0.39 is 18.1 Å². The Morgan fingerprint density at radius 1 is 1.44 bits per heavy atom. The van der Waals surface area contributed by atoms with Crippen molar-refractivity contribution in [1.82, 2.24) is 5.32 Å². The summed E-state index contributed by atoms with van der Waals surface area (Å²) in [6.45, 7) is 0.627. The van der Waals surface area contributed by atoms with Gasteiger partial charge in [-0.1, -0.05) is 0 Å². The van der Waals surface area contributed by atoms with Crippen LogP contribution in [0.5, 0.6) is 5.75 Å². The second-order valence-electron chi connectivity index (χ2n) is 4.17. The number of aliphatic hydroxyl groups is 2. The highest BCUT2D eigenvalue weighted by atomic mass is 19.1. The number of halogens is 1. The maximum absolute atomic E-state index is 12.6. The van der Waals surface area contributed by atoms with Crippen molar-refractivity contribution in [3.63, 3.8) is 0 Å². The van der Waals surface area contributed by atoms with Crippen LogP contribution in [0.3, 0.4) is 0 Å². The average Bonchev–Trinajstić information content (AvgIpc) is 2.36. The lowest BCUT2D eigenvalue weighted by Gasteiger charge is -2.20. The third-order valence-corrected chi connectivity index (χ3v) is 2.19. The molecule has 0 aliphatic rings. The van der Waals surface area contributed by atoms with E-state index in [-0.39, 0.29) is 19.0 Å². The number of carbonyl (C=O) groups is 1. The molecule has 0 fully saturated rings. The highest BCUT2D eigenvalue weighted by molar-refractivity contribution is 5.77. The van der Waals surface area contributed by atoms with Gasteiger partial charge in [0.25, 0.3) is 5.91 Å². The fourth-order valence-electron chi connectivity index (χ4n) is 1.08. The van der Waals surface area contributed by atoms with Crippen molar-refractivity contribution in [2.45, 2.75) is 12.5 Å². The van der Waals surface area contributed by atoms with Gasteiger partial charge in [0.05, 0.1) is 6.61 Å². The topological polar surface area (TPSA) is 78.8 Å². The zero-order valence-electron chi connectivity index (χ0n) is 10.0. The second kappa shape index (κ2) is 6.32. The largest absolute Gasteiger partial charge is 0.484 e. The number of amides is 1. The molecule has 0 saturated heterocycles. The van der Waals surface area contributed by atoms with Crippen molar-refractivity contribution in [3.8, 4) is 5.75 Å². The molecule has 0 aliphatic carbocycles. The number of rotatable bonds is 6. The van der Waals surface area contributed by atoms with Gasteiger partial charge in [-0.25, -0.2) is 4.39 Å². The number of aliphatic hydroxyl groups excluding tert-OH is 1. The summed E-state index contributed by atoms with van der Waals surface area (Å²) in [5.74, 6) is -0.445. The summed E-state index contributed by atoms with van der Waals surface area (Å²) >= 11 is 0. The summed E-state index contributed by atoms with van der Waals surface area (Å²) in [4.78, 5) is 11.3. The first-order valence-electron chi connectivity index (χ1n) is 5.41. The third-order valence-electron chi connectivity index (χ3n) is 2.19. The first-order valence-corrected chi connectivity index (χ1v) is 5.41. The zero-order chi connectivity index (χ0) is 13.6. The van der Waals surface area contributed by atoms with E-state index in [1.807, 2.05) is 0 Å². The van der Waals surface area contributed by atoms with Crippen LogP contribution in [0.4, 0.5) is 4.39 Å². The van der Waals surface area contributed by atoms with Gasteiger partial charge in [-0.3, -0.25) is 4.79 Å². The fourth-order valence-corrected chi connectivity index (χ4v) is 1.08. The Kier molecular flexibility index (Phi) is 5.06. The molecule has 0 radical (unpaired) electrons. The lowest BCUT2D eigenvalue weighted by atomic mass is 10.1. The van der Waals surface area contributed by atoms with Crippen LogP contribution in [0, 0.1) is 5.82 Å². The predicted octanol–water partition coefficient (Wildman–Crippen LogP) is 0.0640. The summed E-state index contributed by atoms with van der Waals surface area (Å²) in [5.41, 5.74) is -1.36. The van der Waals surface area contributed by atoms with E-state index in [1.54, 1.807) is 0 Å². The Hall–Kier alpha value is -1.66. The van der Waals surface area contributed by atoms with Crippen LogP contribution in [0.25, 0.3) is 0 Å². The number of nitrogens with one attached hydrogen (secondary N) is 1.